The molecule has 1 aliphatic heterocycles. The first kappa shape index (κ1) is 24.6. The fraction of sp³-hybridized carbons (Fsp3) is 0.652. The Labute approximate surface area is 185 Å². The van der Waals surface area contributed by atoms with E-state index in [-0.39, 0.29) is 18.0 Å². The summed E-state index contributed by atoms with van der Waals surface area (Å²) in [5, 5.41) is 3.09. The summed E-state index contributed by atoms with van der Waals surface area (Å²) in [4.78, 5) is 29.1. The molecule has 0 aromatic heterocycles. The van der Waals surface area contributed by atoms with Crippen LogP contribution in [0.1, 0.15) is 57.8 Å². The molecule has 0 bridgehead atoms. The first-order valence-electron chi connectivity index (χ1n) is 11.4. The van der Waals surface area contributed by atoms with Crippen molar-refractivity contribution in [2.24, 2.45) is 0 Å². The van der Waals surface area contributed by atoms with Gasteiger partial charge in [-0.05, 0) is 59.6 Å². The monoisotopic (exact) mass is 435 g/mol. The van der Waals surface area contributed by atoms with Gasteiger partial charge in [0.1, 0.15) is 0 Å². The number of amides is 3. The molecule has 0 atom stereocenters. The van der Waals surface area contributed by atoms with Gasteiger partial charge in [-0.3, -0.25) is 4.79 Å². The molecular weight excluding hydrogens is 398 g/mol. The highest BCUT2D eigenvalue weighted by atomic mass is 16.5. The second kappa shape index (κ2) is 12.3. The Morgan fingerprint density at radius 3 is 1.90 bits per heavy atom. The van der Waals surface area contributed by atoms with E-state index in [2.05, 4.69) is 5.32 Å². The van der Waals surface area contributed by atoms with Crippen molar-refractivity contribution in [1.82, 2.24) is 15.1 Å². The number of urea groups is 1. The number of hydrogen-bond donors (Lipinski definition) is 1. The zero-order chi connectivity index (χ0) is 22.8. The van der Waals surface area contributed by atoms with Crippen LogP contribution in [0.15, 0.2) is 12.1 Å². The number of carbonyl (C=O) groups excluding carboxylic acids is 2. The Bertz CT molecular complexity index is 701. The van der Waals surface area contributed by atoms with Crippen LogP contribution in [0.2, 0.25) is 0 Å². The lowest BCUT2D eigenvalue weighted by atomic mass is 10.0. The smallest absolute Gasteiger partial charge is 0.317 e. The third-order valence-corrected chi connectivity index (χ3v) is 5.32. The van der Waals surface area contributed by atoms with Gasteiger partial charge in [0.2, 0.25) is 5.75 Å². The summed E-state index contributed by atoms with van der Waals surface area (Å²) in [5.74, 6) is 1.49. The van der Waals surface area contributed by atoms with Crippen LogP contribution in [0.3, 0.4) is 0 Å². The molecule has 1 fully saturated rings. The second-order valence-corrected chi connectivity index (χ2v) is 7.29. The maximum atomic E-state index is 13.2. The molecule has 0 aliphatic carbocycles. The van der Waals surface area contributed by atoms with Crippen LogP contribution in [0, 0.1) is 0 Å². The molecule has 2 rings (SSSR count). The van der Waals surface area contributed by atoms with Crippen molar-refractivity contribution < 1.29 is 23.8 Å². The number of rotatable bonds is 10. The summed E-state index contributed by atoms with van der Waals surface area (Å²) >= 11 is 0. The first-order chi connectivity index (χ1) is 15.0. The van der Waals surface area contributed by atoms with E-state index in [1.165, 1.54) is 0 Å². The van der Waals surface area contributed by atoms with Crippen LogP contribution in [-0.4, -0.2) is 73.8 Å². The molecule has 0 spiro atoms. The van der Waals surface area contributed by atoms with E-state index in [1.807, 2.05) is 39.5 Å². The zero-order valence-electron chi connectivity index (χ0n) is 19.5. The van der Waals surface area contributed by atoms with Crippen molar-refractivity contribution in [3.05, 3.63) is 17.7 Å². The van der Waals surface area contributed by atoms with Crippen molar-refractivity contribution in [2.75, 3.05) is 46.0 Å². The van der Waals surface area contributed by atoms with Gasteiger partial charge in [-0.15, -0.1) is 0 Å². The lowest BCUT2D eigenvalue weighted by Gasteiger charge is -2.33. The van der Waals surface area contributed by atoms with Crippen molar-refractivity contribution in [2.45, 2.75) is 53.5 Å². The minimum absolute atomic E-state index is 0.0380. The van der Waals surface area contributed by atoms with Crippen LogP contribution >= 0.6 is 0 Å². The van der Waals surface area contributed by atoms with E-state index < -0.39 is 0 Å². The number of benzene rings is 1. The Morgan fingerprint density at radius 1 is 0.935 bits per heavy atom. The normalized spacial score (nSPS) is 14.2. The standard InChI is InChI=1S/C23H37N3O5/c1-6-25(7-2)23(28)24-18-11-13-26(14-12-18)22(27)17-15-19(29-8-3)21(31-10-5)20(16-17)30-9-4/h15-16,18H,6-14H2,1-5H3,(H,24,28). The number of nitrogens with one attached hydrogen (secondary N) is 1. The van der Waals surface area contributed by atoms with E-state index in [1.54, 1.807) is 17.0 Å². The molecule has 31 heavy (non-hydrogen) atoms. The number of ether oxygens (including phenoxy) is 3. The molecule has 1 aliphatic rings. The van der Waals surface area contributed by atoms with E-state index in [9.17, 15) is 9.59 Å². The number of hydrogen-bond acceptors (Lipinski definition) is 5. The quantitative estimate of drug-likeness (QED) is 0.608. The predicted octanol–water partition coefficient (Wildman–Crippen LogP) is 3.54. The predicted molar refractivity (Wildman–Crippen MR) is 120 cm³/mol. The Balaban J connectivity index is 2.10. The molecule has 1 heterocycles. The third kappa shape index (κ3) is 6.42. The molecule has 8 nitrogen and oxygen atoms in total. The van der Waals surface area contributed by atoms with Crippen LogP contribution in [-0.2, 0) is 0 Å². The van der Waals surface area contributed by atoms with Gasteiger partial charge in [-0.25, -0.2) is 4.79 Å². The molecule has 1 aromatic carbocycles. The van der Waals surface area contributed by atoms with Crippen molar-refractivity contribution in [3.8, 4) is 17.2 Å². The molecular formula is C23H37N3O5. The van der Waals surface area contributed by atoms with Crippen molar-refractivity contribution in [1.29, 1.82) is 0 Å². The van der Waals surface area contributed by atoms with Crippen molar-refractivity contribution >= 4 is 11.9 Å². The Hall–Kier alpha value is -2.64. The molecule has 8 heteroatoms. The van der Waals surface area contributed by atoms with Gasteiger partial charge in [-0.1, -0.05) is 0 Å². The highest BCUT2D eigenvalue weighted by Crippen LogP contribution is 2.39. The lowest BCUT2D eigenvalue weighted by molar-refractivity contribution is 0.0705. The van der Waals surface area contributed by atoms with Crippen LogP contribution in [0.4, 0.5) is 4.79 Å². The zero-order valence-corrected chi connectivity index (χ0v) is 19.5. The SMILES string of the molecule is CCOc1cc(C(=O)N2CCC(NC(=O)N(CC)CC)CC2)cc(OCC)c1OCC. The van der Waals surface area contributed by atoms with Gasteiger partial charge < -0.3 is 29.3 Å². The molecule has 1 N–H and O–H groups in total. The summed E-state index contributed by atoms with van der Waals surface area (Å²) in [5.41, 5.74) is 0.515. The highest BCUT2D eigenvalue weighted by molar-refractivity contribution is 5.95. The molecule has 0 unspecified atom stereocenters. The van der Waals surface area contributed by atoms with Crippen LogP contribution in [0.25, 0.3) is 0 Å². The Morgan fingerprint density at radius 2 is 1.45 bits per heavy atom. The first-order valence-corrected chi connectivity index (χ1v) is 11.4. The average Bonchev–Trinajstić information content (AvgIpc) is 2.77. The fourth-order valence-corrected chi connectivity index (χ4v) is 3.70. The molecule has 174 valence electrons. The summed E-state index contributed by atoms with van der Waals surface area (Å²) in [6, 6.07) is 3.50. The van der Waals surface area contributed by atoms with Crippen molar-refractivity contribution in [3.63, 3.8) is 0 Å². The number of carbonyl (C=O) groups is 2. The van der Waals surface area contributed by atoms with Gasteiger partial charge in [0.25, 0.3) is 5.91 Å². The van der Waals surface area contributed by atoms with Crippen LogP contribution < -0.4 is 19.5 Å². The fourth-order valence-electron chi connectivity index (χ4n) is 3.70. The second-order valence-electron chi connectivity index (χ2n) is 7.29. The maximum absolute atomic E-state index is 13.2. The molecule has 0 radical (unpaired) electrons. The van der Waals surface area contributed by atoms with E-state index in [4.69, 9.17) is 14.2 Å². The van der Waals surface area contributed by atoms with E-state index in [0.717, 1.165) is 12.8 Å². The summed E-state index contributed by atoms with van der Waals surface area (Å²) in [6.07, 6.45) is 1.46. The maximum Gasteiger partial charge on any atom is 0.317 e. The Kier molecular flexibility index (Phi) is 9.75. The summed E-state index contributed by atoms with van der Waals surface area (Å²) in [6.45, 7) is 13.5. The van der Waals surface area contributed by atoms with E-state index in [0.29, 0.717) is 68.8 Å². The molecule has 0 saturated carbocycles. The molecule has 1 aromatic rings. The number of piperidine rings is 1. The minimum atomic E-state index is -0.0709. The van der Waals surface area contributed by atoms with E-state index >= 15 is 0 Å². The molecule has 3 amide bonds. The third-order valence-electron chi connectivity index (χ3n) is 5.32. The lowest BCUT2D eigenvalue weighted by Crippen LogP contribution is -2.50. The van der Waals surface area contributed by atoms with Gasteiger partial charge in [0.15, 0.2) is 11.5 Å². The largest absolute Gasteiger partial charge is 0.490 e. The highest BCUT2D eigenvalue weighted by Gasteiger charge is 2.27. The van der Waals surface area contributed by atoms with Gasteiger partial charge in [-0.2, -0.15) is 0 Å². The minimum Gasteiger partial charge on any atom is -0.490 e. The topological polar surface area (TPSA) is 80.3 Å². The molecule has 1 saturated heterocycles. The van der Waals surface area contributed by atoms with Gasteiger partial charge >= 0.3 is 6.03 Å². The van der Waals surface area contributed by atoms with Crippen LogP contribution in [0.5, 0.6) is 17.2 Å². The summed E-state index contributed by atoms with van der Waals surface area (Å²) in [7, 11) is 0. The van der Waals surface area contributed by atoms with Gasteiger partial charge in [0, 0.05) is 37.8 Å². The van der Waals surface area contributed by atoms with Gasteiger partial charge in [0.05, 0.1) is 19.8 Å². The number of likely N-dealkylation sites (tertiary alicyclic amines) is 1. The average molecular weight is 436 g/mol. The summed E-state index contributed by atoms with van der Waals surface area (Å²) < 4.78 is 17.2. The number of nitrogens with zero attached hydrogens (tertiary/aromatic N) is 2.